The van der Waals surface area contributed by atoms with E-state index in [9.17, 15) is 9.59 Å². The van der Waals surface area contributed by atoms with Crippen LogP contribution >= 0.6 is 0 Å². The number of carbonyl (C=O) groups excluding carboxylic acids is 2. The lowest BCUT2D eigenvalue weighted by molar-refractivity contribution is -0.118. The largest absolute Gasteiger partial charge is 0.482 e. The molecule has 3 N–H and O–H groups in total. The summed E-state index contributed by atoms with van der Waals surface area (Å²) in [6, 6.07) is 5.09. The molecule has 0 aliphatic carbocycles. The molecule has 7 nitrogen and oxygen atoms in total. The highest BCUT2D eigenvalue weighted by Crippen LogP contribution is 2.30. The molecular formula is C16H23N3O4. The first-order valence-electron chi connectivity index (χ1n) is 7.70. The molecule has 7 heteroatoms. The molecule has 2 rings (SSSR count). The summed E-state index contributed by atoms with van der Waals surface area (Å²) < 4.78 is 10.3. The van der Waals surface area contributed by atoms with E-state index in [1.165, 1.54) is 0 Å². The number of hydrogen-bond donors (Lipinski definition) is 3. The van der Waals surface area contributed by atoms with Crippen LogP contribution < -0.4 is 20.7 Å². The number of unbranched alkanes of at least 4 members (excludes halogenated alkanes) is 1. The molecule has 23 heavy (non-hydrogen) atoms. The van der Waals surface area contributed by atoms with Gasteiger partial charge in [0.15, 0.2) is 6.61 Å². The van der Waals surface area contributed by atoms with Crippen LogP contribution in [0.1, 0.15) is 31.4 Å². The van der Waals surface area contributed by atoms with Crippen molar-refractivity contribution in [3.8, 4) is 5.75 Å². The molecule has 1 heterocycles. The number of anilines is 1. The van der Waals surface area contributed by atoms with Crippen molar-refractivity contribution in [2.75, 3.05) is 32.2 Å². The lowest BCUT2D eigenvalue weighted by Crippen LogP contribution is -2.37. The second-order valence-electron chi connectivity index (χ2n) is 5.41. The lowest BCUT2D eigenvalue weighted by Gasteiger charge is -2.21. The van der Waals surface area contributed by atoms with Crippen LogP contribution in [0, 0.1) is 0 Å². The van der Waals surface area contributed by atoms with Gasteiger partial charge in [-0.3, -0.25) is 4.79 Å². The van der Waals surface area contributed by atoms with E-state index < -0.39 is 0 Å². The summed E-state index contributed by atoms with van der Waals surface area (Å²) in [5, 5.41) is 8.44. The summed E-state index contributed by atoms with van der Waals surface area (Å²) in [7, 11) is 1.66. The van der Waals surface area contributed by atoms with Crippen LogP contribution in [-0.4, -0.2) is 38.8 Å². The molecule has 0 radical (unpaired) electrons. The lowest BCUT2D eigenvalue weighted by atomic mass is 10.1. The van der Waals surface area contributed by atoms with Gasteiger partial charge in [-0.2, -0.15) is 0 Å². The Balaban J connectivity index is 1.83. The number of benzene rings is 1. The molecule has 1 aromatic carbocycles. The Hall–Kier alpha value is -2.28. The first kappa shape index (κ1) is 17.1. The Labute approximate surface area is 135 Å². The molecule has 0 aromatic heterocycles. The van der Waals surface area contributed by atoms with Gasteiger partial charge in [0.2, 0.25) is 0 Å². The molecule has 0 bridgehead atoms. The number of hydrogen-bond acceptors (Lipinski definition) is 4. The quantitative estimate of drug-likeness (QED) is 0.668. The number of urea groups is 1. The number of fused-ring (bicyclic) bond motifs is 1. The first-order chi connectivity index (χ1) is 11.1. The molecule has 1 aliphatic heterocycles. The van der Waals surface area contributed by atoms with E-state index in [1.807, 2.05) is 19.1 Å². The van der Waals surface area contributed by atoms with Crippen LogP contribution in [0.2, 0.25) is 0 Å². The van der Waals surface area contributed by atoms with Gasteiger partial charge in [0.1, 0.15) is 5.75 Å². The summed E-state index contributed by atoms with van der Waals surface area (Å²) >= 11 is 0. The fourth-order valence-corrected chi connectivity index (χ4v) is 2.27. The maximum atomic E-state index is 11.9. The van der Waals surface area contributed by atoms with Crippen LogP contribution in [0.5, 0.6) is 5.75 Å². The van der Waals surface area contributed by atoms with Crippen molar-refractivity contribution in [1.82, 2.24) is 10.6 Å². The van der Waals surface area contributed by atoms with E-state index in [1.54, 1.807) is 13.2 Å². The molecule has 1 atom stereocenters. The van der Waals surface area contributed by atoms with Gasteiger partial charge in [-0.1, -0.05) is 6.07 Å². The van der Waals surface area contributed by atoms with E-state index in [-0.39, 0.29) is 24.6 Å². The molecule has 3 amide bonds. The zero-order chi connectivity index (χ0) is 16.7. The predicted octanol–water partition coefficient (Wildman–Crippen LogP) is 1.80. The van der Waals surface area contributed by atoms with Crippen LogP contribution in [0.25, 0.3) is 0 Å². The number of nitrogens with one attached hydrogen (secondary N) is 3. The summed E-state index contributed by atoms with van der Waals surface area (Å²) in [5.74, 6) is 0.465. The third-order valence-corrected chi connectivity index (χ3v) is 3.54. The topological polar surface area (TPSA) is 88.7 Å². The first-order valence-corrected chi connectivity index (χ1v) is 7.70. The Morgan fingerprint density at radius 2 is 2.26 bits per heavy atom. The molecule has 0 fully saturated rings. The summed E-state index contributed by atoms with van der Waals surface area (Å²) in [6.45, 7) is 3.22. The van der Waals surface area contributed by atoms with Crippen molar-refractivity contribution in [1.29, 1.82) is 0 Å². The maximum Gasteiger partial charge on any atom is 0.315 e. The van der Waals surface area contributed by atoms with Crippen molar-refractivity contribution >= 4 is 17.6 Å². The van der Waals surface area contributed by atoms with Gasteiger partial charge in [0.05, 0.1) is 11.7 Å². The Kier molecular flexibility index (Phi) is 6.22. The number of rotatable bonds is 7. The molecular weight excluding hydrogens is 298 g/mol. The van der Waals surface area contributed by atoms with Gasteiger partial charge in [0, 0.05) is 20.3 Å². The Bertz CT molecular complexity index is 562. The smallest absolute Gasteiger partial charge is 0.315 e. The van der Waals surface area contributed by atoms with Crippen LogP contribution in [0.15, 0.2) is 18.2 Å². The highest BCUT2D eigenvalue weighted by Gasteiger charge is 2.18. The molecule has 0 saturated carbocycles. The maximum absolute atomic E-state index is 11.9. The molecule has 1 aromatic rings. The normalized spacial score (nSPS) is 14.3. The number of methoxy groups -OCH3 is 1. The second-order valence-corrected chi connectivity index (χ2v) is 5.41. The fraction of sp³-hybridized carbons (Fsp3) is 0.500. The van der Waals surface area contributed by atoms with Gasteiger partial charge in [-0.25, -0.2) is 4.79 Å². The van der Waals surface area contributed by atoms with E-state index in [0.29, 0.717) is 24.6 Å². The van der Waals surface area contributed by atoms with Crippen molar-refractivity contribution in [3.63, 3.8) is 0 Å². The monoisotopic (exact) mass is 321 g/mol. The molecule has 1 aliphatic rings. The van der Waals surface area contributed by atoms with E-state index in [4.69, 9.17) is 9.47 Å². The number of amides is 3. The fourth-order valence-electron chi connectivity index (χ4n) is 2.27. The zero-order valence-electron chi connectivity index (χ0n) is 13.5. The Morgan fingerprint density at radius 3 is 3.04 bits per heavy atom. The molecule has 1 unspecified atom stereocenters. The van der Waals surface area contributed by atoms with E-state index in [0.717, 1.165) is 18.4 Å². The summed E-state index contributed by atoms with van der Waals surface area (Å²) in [6.07, 6.45) is 1.79. The summed E-state index contributed by atoms with van der Waals surface area (Å²) in [4.78, 5) is 23.2. The molecule has 126 valence electrons. The number of carbonyl (C=O) groups is 2. The molecule has 0 saturated heterocycles. The van der Waals surface area contributed by atoms with Gasteiger partial charge >= 0.3 is 6.03 Å². The van der Waals surface area contributed by atoms with Gasteiger partial charge < -0.3 is 25.4 Å². The van der Waals surface area contributed by atoms with E-state index in [2.05, 4.69) is 16.0 Å². The third kappa shape index (κ3) is 5.14. The van der Waals surface area contributed by atoms with Gasteiger partial charge in [-0.05, 0) is 37.5 Å². The van der Waals surface area contributed by atoms with Crippen LogP contribution in [0.4, 0.5) is 10.5 Å². The highest BCUT2D eigenvalue weighted by molar-refractivity contribution is 5.95. The predicted molar refractivity (Wildman–Crippen MR) is 86.6 cm³/mol. The average Bonchev–Trinajstić information content (AvgIpc) is 2.53. The van der Waals surface area contributed by atoms with Crippen molar-refractivity contribution in [2.24, 2.45) is 0 Å². The minimum Gasteiger partial charge on any atom is -0.482 e. The van der Waals surface area contributed by atoms with Crippen LogP contribution in [-0.2, 0) is 9.53 Å². The molecule has 0 spiro atoms. The second kappa shape index (κ2) is 8.38. The standard InChI is InChI=1S/C16H23N3O4/c1-11(18-16(21)17-7-3-4-8-22-2)12-5-6-14-13(9-12)19-15(20)10-23-14/h5-6,9,11H,3-4,7-8,10H2,1-2H3,(H,19,20)(H2,17,18,21). The van der Waals surface area contributed by atoms with E-state index >= 15 is 0 Å². The van der Waals surface area contributed by atoms with Gasteiger partial charge in [0.25, 0.3) is 5.91 Å². The number of ether oxygens (including phenoxy) is 2. The minimum atomic E-state index is -0.215. The van der Waals surface area contributed by atoms with Crippen LogP contribution in [0.3, 0.4) is 0 Å². The SMILES string of the molecule is COCCCCNC(=O)NC(C)c1ccc2c(c1)NC(=O)CO2. The third-order valence-electron chi connectivity index (χ3n) is 3.54. The van der Waals surface area contributed by atoms with Crippen molar-refractivity contribution < 1.29 is 19.1 Å². The average molecular weight is 321 g/mol. The minimum absolute atomic E-state index is 0.0334. The summed E-state index contributed by atoms with van der Waals surface area (Å²) in [5.41, 5.74) is 1.52. The van der Waals surface area contributed by atoms with Crippen molar-refractivity contribution in [3.05, 3.63) is 23.8 Å². The van der Waals surface area contributed by atoms with Crippen molar-refractivity contribution in [2.45, 2.75) is 25.8 Å². The highest BCUT2D eigenvalue weighted by atomic mass is 16.5. The van der Waals surface area contributed by atoms with Gasteiger partial charge in [-0.15, -0.1) is 0 Å². The zero-order valence-corrected chi connectivity index (χ0v) is 13.5. The Morgan fingerprint density at radius 1 is 1.43 bits per heavy atom.